The Labute approximate surface area is 103 Å². The van der Waals surface area contributed by atoms with Gasteiger partial charge in [0, 0.05) is 32.6 Å². The number of fused-ring (bicyclic) bond motifs is 2. The van der Waals surface area contributed by atoms with Crippen molar-refractivity contribution in [3.63, 3.8) is 0 Å². The van der Waals surface area contributed by atoms with Gasteiger partial charge in [-0.2, -0.15) is 0 Å². The second kappa shape index (κ2) is 2.88. The molecule has 0 amide bonds. The van der Waals surface area contributed by atoms with E-state index in [1.54, 1.807) is 36.4 Å². The first-order valence-electron chi connectivity index (χ1n) is 5.56. The van der Waals surface area contributed by atoms with Gasteiger partial charge in [-0.3, -0.25) is 9.59 Å². The zero-order valence-corrected chi connectivity index (χ0v) is 10.1. The molecule has 18 heavy (non-hydrogen) atoms. The van der Waals surface area contributed by atoms with Crippen LogP contribution in [0.3, 0.4) is 0 Å². The van der Waals surface area contributed by atoms with E-state index in [9.17, 15) is 14.2 Å². The molecular formula is C14H7O3P. The van der Waals surface area contributed by atoms with Crippen molar-refractivity contribution < 1.29 is 14.2 Å². The molecule has 2 aromatic rings. The molecule has 0 radical (unpaired) electrons. The van der Waals surface area contributed by atoms with Gasteiger partial charge < -0.3 is 4.57 Å². The van der Waals surface area contributed by atoms with Crippen molar-refractivity contribution >= 4 is 35.1 Å². The van der Waals surface area contributed by atoms with E-state index in [1.807, 2.05) is 0 Å². The maximum Gasteiger partial charge on any atom is 0.193 e. The Balaban J connectivity index is 1.76. The van der Waals surface area contributed by atoms with Gasteiger partial charge in [-0.15, -0.1) is 0 Å². The van der Waals surface area contributed by atoms with Crippen molar-refractivity contribution in [2.75, 3.05) is 0 Å². The highest BCUT2D eigenvalue weighted by molar-refractivity contribution is 8.06. The van der Waals surface area contributed by atoms with Crippen LogP contribution in [0.4, 0.5) is 0 Å². The van der Waals surface area contributed by atoms with Gasteiger partial charge in [0.15, 0.2) is 12.9 Å². The van der Waals surface area contributed by atoms with Gasteiger partial charge in [-0.1, -0.05) is 24.3 Å². The van der Waals surface area contributed by atoms with Gasteiger partial charge in [0.2, 0.25) is 0 Å². The van der Waals surface area contributed by atoms with Crippen LogP contribution >= 0.6 is 7.14 Å². The van der Waals surface area contributed by atoms with Crippen LogP contribution in [0.1, 0.15) is 26.3 Å². The van der Waals surface area contributed by atoms with Crippen LogP contribution in [0, 0.1) is 0 Å². The molecule has 0 aliphatic carbocycles. The lowest BCUT2D eigenvalue weighted by molar-refractivity contribution is 0.103. The van der Waals surface area contributed by atoms with Crippen LogP contribution in [-0.2, 0) is 4.57 Å². The van der Waals surface area contributed by atoms with Gasteiger partial charge >= 0.3 is 0 Å². The van der Waals surface area contributed by atoms with Crippen LogP contribution in [0.15, 0.2) is 36.4 Å². The first-order valence-corrected chi connectivity index (χ1v) is 7.27. The van der Waals surface area contributed by atoms with Crippen LogP contribution in [-0.4, -0.2) is 12.1 Å². The fourth-order valence-corrected chi connectivity index (χ4v) is 5.24. The molecule has 2 bridgehead atoms. The molecule has 0 saturated carbocycles. The number of rotatable bonds is 3. The fraction of sp³-hybridized carbons (Fsp3) is 0. The van der Waals surface area contributed by atoms with Gasteiger partial charge in [0.25, 0.3) is 0 Å². The summed E-state index contributed by atoms with van der Waals surface area (Å²) < 4.78 is 12.0. The topological polar surface area (TPSA) is 51.2 Å². The zero-order chi connectivity index (χ0) is 12.5. The maximum atomic E-state index is 12.2. The van der Waals surface area contributed by atoms with E-state index in [0.29, 0.717) is 16.7 Å². The van der Waals surface area contributed by atoms with Crippen molar-refractivity contribution in [2.45, 2.75) is 0 Å². The SMILES string of the molecule is O=Cc1ccc(C(=O)c2ccc3c4c2P34=O)cc1. The molecule has 5 rings (SSSR count). The highest BCUT2D eigenvalue weighted by Gasteiger charge is 2.67. The average molecular weight is 254 g/mol. The predicted molar refractivity (Wildman–Crippen MR) is 68.2 cm³/mol. The van der Waals surface area contributed by atoms with E-state index >= 15 is 0 Å². The second-order valence-corrected chi connectivity index (χ2v) is 7.10. The van der Waals surface area contributed by atoms with Crippen LogP contribution in [0.25, 0.3) is 0 Å². The third kappa shape index (κ3) is 0.987. The number of aldehydes is 1. The van der Waals surface area contributed by atoms with E-state index < -0.39 is 7.14 Å². The molecule has 0 N–H and O–H groups in total. The summed E-state index contributed by atoms with van der Waals surface area (Å²) in [6.45, 7) is 0. The first-order chi connectivity index (χ1) is 8.67. The third-order valence-electron chi connectivity index (χ3n) is 3.55. The van der Waals surface area contributed by atoms with Gasteiger partial charge in [0.05, 0.1) is 0 Å². The number of benzene rings is 2. The van der Waals surface area contributed by atoms with E-state index in [-0.39, 0.29) is 5.78 Å². The average Bonchev–Trinajstić information content (AvgIpc) is 3.26. The van der Waals surface area contributed by atoms with Crippen LogP contribution < -0.4 is 15.9 Å². The molecule has 1 atom stereocenters. The largest absolute Gasteiger partial charge is 0.309 e. The molecule has 3 aliphatic heterocycles. The Morgan fingerprint density at radius 3 is 2.22 bits per heavy atom. The molecule has 3 heterocycles. The summed E-state index contributed by atoms with van der Waals surface area (Å²) in [7, 11) is -2.23. The lowest BCUT2D eigenvalue weighted by Crippen LogP contribution is -2.18. The normalized spacial score (nSPS) is 21.1. The molecule has 3 nitrogen and oxygen atoms in total. The Morgan fingerprint density at radius 1 is 1.00 bits per heavy atom. The summed E-state index contributed by atoms with van der Waals surface area (Å²) in [5, 5.41) is 2.66. The quantitative estimate of drug-likeness (QED) is 0.311. The third-order valence-corrected chi connectivity index (χ3v) is 6.35. The van der Waals surface area contributed by atoms with Gasteiger partial charge in [-0.05, 0) is 12.1 Å². The molecule has 0 spiro atoms. The highest BCUT2D eigenvalue weighted by Crippen LogP contribution is 2.66. The standard InChI is InChI=1S/C14H7O3P/c15-7-8-1-3-9(4-2-8)12(16)10-5-6-11-14-13(10)18(11,14)17/h1-7H. The maximum absolute atomic E-state index is 12.2. The second-order valence-electron chi connectivity index (χ2n) is 4.51. The lowest BCUT2D eigenvalue weighted by atomic mass is 10.0. The number of carbonyl (C=O) groups excluding carboxylic acids is 2. The molecule has 0 fully saturated rings. The highest BCUT2D eigenvalue weighted by atomic mass is 31.2. The Bertz CT molecular complexity index is 787. The predicted octanol–water partition coefficient (Wildman–Crippen LogP) is 0.996. The van der Waals surface area contributed by atoms with Crippen molar-refractivity contribution in [1.82, 2.24) is 0 Å². The van der Waals surface area contributed by atoms with E-state index in [2.05, 4.69) is 0 Å². The summed E-state index contributed by atoms with van der Waals surface area (Å²) in [6.07, 6.45) is 0.738. The van der Waals surface area contributed by atoms with Crippen molar-refractivity contribution in [2.24, 2.45) is 0 Å². The molecule has 86 valence electrons. The molecular weight excluding hydrogens is 247 g/mol. The molecule has 0 aromatic heterocycles. The number of hydrogen-bond acceptors (Lipinski definition) is 3. The number of hydrogen-bond donors (Lipinski definition) is 0. The smallest absolute Gasteiger partial charge is 0.193 e. The molecule has 4 heteroatoms. The lowest BCUT2D eigenvalue weighted by Gasteiger charge is -2.04. The monoisotopic (exact) mass is 254 g/mol. The van der Waals surface area contributed by atoms with Crippen molar-refractivity contribution in [3.05, 3.63) is 53.1 Å². The minimum absolute atomic E-state index is 0.118. The zero-order valence-electron chi connectivity index (χ0n) is 9.21. The molecule has 2 aromatic carbocycles. The Kier molecular flexibility index (Phi) is 1.59. The van der Waals surface area contributed by atoms with E-state index in [1.165, 1.54) is 0 Å². The number of ketones is 1. The minimum atomic E-state index is -2.23. The summed E-state index contributed by atoms with van der Waals surface area (Å²) in [6, 6.07) is 10.0. The summed E-state index contributed by atoms with van der Waals surface area (Å²) >= 11 is 0. The van der Waals surface area contributed by atoms with Gasteiger partial charge in [-0.25, -0.2) is 0 Å². The van der Waals surface area contributed by atoms with E-state index in [4.69, 9.17) is 0 Å². The molecule has 1 unspecified atom stereocenters. The van der Waals surface area contributed by atoms with Crippen molar-refractivity contribution in [1.29, 1.82) is 0 Å². The van der Waals surface area contributed by atoms with Gasteiger partial charge in [0.1, 0.15) is 6.29 Å². The summed E-state index contributed by atoms with van der Waals surface area (Å²) in [5.74, 6) is -0.118. The van der Waals surface area contributed by atoms with E-state index in [0.717, 1.165) is 22.2 Å². The number of carbonyl (C=O) groups is 2. The first kappa shape index (κ1) is 9.98. The minimum Gasteiger partial charge on any atom is -0.309 e. The van der Waals surface area contributed by atoms with Crippen LogP contribution in [0.2, 0.25) is 0 Å². The summed E-state index contributed by atoms with van der Waals surface area (Å²) in [4.78, 5) is 22.8. The molecule has 3 aliphatic rings. The summed E-state index contributed by atoms with van der Waals surface area (Å²) in [5.41, 5.74) is 1.62. The fourth-order valence-electron chi connectivity index (χ4n) is 2.44. The Hall–Kier alpha value is -1.99. The van der Waals surface area contributed by atoms with Crippen molar-refractivity contribution in [3.8, 4) is 0 Å². The Morgan fingerprint density at radius 2 is 1.67 bits per heavy atom. The van der Waals surface area contributed by atoms with Crippen LogP contribution in [0.5, 0.6) is 0 Å². The molecule has 0 saturated heterocycles.